The number of ether oxygens (including phenoxy) is 3. The SMILES string of the molecule is CCNC(=NCc1ccc(OCCO)c(OC)c1)NCC(C)Oc1ccccc1C. The highest BCUT2D eigenvalue weighted by atomic mass is 16.5. The number of rotatable bonds is 11. The fourth-order valence-corrected chi connectivity index (χ4v) is 2.78. The summed E-state index contributed by atoms with van der Waals surface area (Å²) in [4.78, 5) is 4.65. The van der Waals surface area contributed by atoms with E-state index in [9.17, 15) is 0 Å². The van der Waals surface area contributed by atoms with Crippen molar-refractivity contribution in [2.75, 3.05) is 33.4 Å². The van der Waals surface area contributed by atoms with Crippen molar-refractivity contribution in [3.05, 3.63) is 53.6 Å². The maximum atomic E-state index is 8.92. The van der Waals surface area contributed by atoms with Crippen LogP contribution in [0.15, 0.2) is 47.5 Å². The molecule has 0 aliphatic heterocycles. The molecule has 0 saturated heterocycles. The maximum absolute atomic E-state index is 8.92. The van der Waals surface area contributed by atoms with Gasteiger partial charge in [-0.2, -0.15) is 0 Å². The van der Waals surface area contributed by atoms with E-state index in [4.69, 9.17) is 19.3 Å². The van der Waals surface area contributed by atoms with Gasteiger partial charge in [-0.15, -0.1) is 0 Å². The fourth-order valence-electron chi connectivity index (χ4n) is 2.78. The van der Waals surface area contributed by atoms with Crippen LogP contribution in [0.1, 0.15) is 25.0 Å². The van der Waals surface area contributed by atoms with Crippen LogP contribution < -0.4 is 24.8 Å². The van der Waals surface area contributed by atoms with Gasteiger partial charge in [0.25, 0.3) is 0 Å². The summed E-state index contributed by atoms with van der Waals surface area (Å²) in [7, 11) is 1.59. The first-order valence-corrected chi connectivity index (χ1v) is 10.2. The van der Waals surface area contributed by atoms with E-state index in [0.717, 1.165) is 29.4 Å². The second-order valence-electron chi connectivity index (χ2n) is 6.83. The van der Waals surface area contributed by atoms with Gasteiger partial charge in [-0.05, 0) is 50.1 Å². The van der Waals surface area contributed by atoms with Gasteiger partial charge in [0.2, 0.25) is 0 Å². The van der Waals surface area contributed by atoms with Gasteiger partial charge in [-0.3, -0.25) is 0 Å². The predicted octanol–water partition coefficient (Wildman–Crippen LogP) is 2.90. The molecule has 0 radical (unpaired) electrons. The minimum absolute atomic E-state index is 0.0157. The Hall–Kier alpha value is -2.93. The van der Waals surface area contributed by atoms with Crippen LogP contribution in [0.25, 0.3) is 0 Å². The molecule has 1 unspecified atom stereocenters. The first-order chi connectivity index (χ1) is 14.6. The molecule has 0 fully saturated rings. The highest BCUT2D eigenvalue weighted by Crippen LogP contribution is 2.28. The smallest absolute Gasteiger partial charge is 0.191 e. The predicted molar refractivity (Wildman–Crippen MR) is 120 cm³/mol. The third kappa shape index (κ3) is 7.48. The van der Waals surface area contributed by atoms with Crippen molar-refractivity contribution in [3.8, 4) is 17.2 Å². The monoisotopic (exact) mass is 415 g/mol. The van der Waals surface area contributed by atoms with E-state index in [1.165, 1.54) is 0 Å². The summed E-state index contributed by atoms with van der Waals surface area (Å²) in [5.41, 5.74) is 2.11. The van der Waals surface area contributed by atoms with Crippen LogP contribution in [-0.4, -0.2) is 50.6 Å². The Labute approximate surface area is 179 Å². The minimum Gasteiger partial charge on any atom is -0.493 e. The minimum atomic E-state index is -0.0428. The maximum Gasteiger partial charge on any atom is 0.191 e. The van der Waals surface area contributed by atoms with Crippen LogP contribution in [0, 0.1) is 6.92 Å². The zero-order valence-electron chi connectivity index (χ0n) is 18.3. The Balaban J connectivity index is 1.95. The number of guanidine groups is 1. The summed E-state index contributed by atoms with van der Waals surface area (Å²) in [5.74, 6) is 2.84. The van der Waals surface area contributed by atoms with Crippen LogP contribution >= 0.6 is 0 Å². The van der Waals surface area contributed by atoms with Gasteiger partial charge in [0, 0.05) is 6.54 Å². The van der Waals surface area contributed by atoms with E-state index in [1.807, 2.05) is 63.2 Å². The van der Waals surface area contributed by atoms with Gasteiger partial charge in [0.1, 0.15) is 18.5 Å². The Bertz CT molecular complexity index is 811. The Morgan fingerprint density at radius 1 is 1.10 bits per heavy atom. The van der Waals surface area contributed by atoms with Crippen LogP contribution in [0.2, 0.25) is 0 Å². The molecule has 0 bridgehead atoms. The molecule has 2 aromatic carbocycles. The van der Waals surface area contributed by atoms with E-state index in [2.05, 4.69) is 15.6 Å². The number of hydrogen-bond acceptors (Lipinski definition) is 5. The van der Waals surface area contributed by atoms with Crippen molar-refractivity contribution in [1.82, 2.24) is 10.6 Å². The second-order valence-corrected chi connectivity index (χ2v) is 6.83. The van der Waals surface area contributed by atoms with Crippen LogP contribution in [-0.2, 0) is 6.54 Å². The highest BCUT2D eigenvalue weighted by molar-refractivity contribution is 5.79. The lowest BCUT2D eigenvalue weighted by atomic mass is 10.2. The van der Waals surface area contributed by atoms with Crippen molar-refractivity contribution in [3.63, 3.8) is 0 Å². The number of para-hydroxylation sites is 1. The van der Waals surface area contributed by atoms with Crippen LogP contribution in [0.5, 0.6) is 17.2 Å². The number of hydrogen-bond donors (Lipinski definition) is 3. The number of aryl methyl sites for hydroxylation is 1. The van der Waals surface area contributed by atoms with Gasteiger partial charge in [0.05, 0.1) is 26.8 Å². The molecule has 2 aromatic rings. The third-order valence-electron chi connectivity index (χ3n) is 4.32. The van der Waals surface area contributed by atoms with Crippen LogP contribution in [0.4, 0.5) is 0 Å². The highest BCUT2D eigenvalue weighted by Gasteiger charge is 2.09. The largest absolute Gasteiger partial charge is 0.493 e. The average Bonchev–Trinajstić information content (AvgIpc) is 2.76. The number of nitrogens with one attached hydrogen (secondary N) is 2. The Morgan fingerprint density at radius 2 is 1.90 bits per heavy atom. The standard InChI is InChI=1S/C23H33N3O4/c1-5-24-23(25-15-18(3)30-20-9-7-6-8-17(20)2)26-16-19-10-11-21(29-13-12-27)22(14-19)28-4/h6-11,14,18,27H,5,12-13,15-16H2,1-4H3,(H2,24,25,26). The Morgan fingerprint density at radius 3 is 2.60 bits per heavy atom. The summed E-state index contributed by atoms with van der Waals surface area (Å²) in [6.07, 6.45) is -0.0157. The lowest BCUT2D eigenvalue weighted by molar-refractivity contribution is 0.196. The van der Waals surface area contributed by atoms with E-state index >= 15 is 0 Å². The molecule has 7 nitrogen and oxygen atoms in total. The molecular formula is C23H33N3O4. The summed E-state index contributed by atoms with van der Waals surface area (Å²) in [6.45, 7) is 8.14. The lowest BCUT2D eigenvalue weighted by Crippen LogP contribution is -2.41. The second kappa shape index (κ2) is 12.6. The van der Waals surface area contributed by atoms with Crippen molar-refractivity contribution in [2.45, 2.75) is 33.4 Å². The zero-order valence-corrected chi connectivity index (χ0v) is 18.3. The number of nitrogens with zero attached hydrogens (tertiary/aromatic N) is 1. The Kier molecular flexibility index (Phi) is 9.80. The number of aliphatic imine (C=N–C) groups is 1. The molecule has 0 aromatic heterocycles. The van der Waals surface area contributed by atoms with Gasteiger partial charge in [-0.25, -0.2) is 4.99 Å². The van der Waals surface area contributed by atoms with Crippen molar-refractivity contribution in [1.29, 1.82) is 0 Å². The molecule has 3 N–H and O–H groups in total. The molecule has 164 valence electrons. The third-order valence-corrected chi connectivity index (χ3v) is 4.32. The molecular weight excluding hydrogens is 382 g/mol. The van der Waals surface area contributed by atoms with E-state index < -0.39 is 0 Å². The average molecular weight is 416 g/mol. The molecule has 0 aliphatic rings. The molecule has 0 saturated carbocycles. The number of methoxy groups -OCH3 is 1. The summed E-state index contributed by atoms with van der Waals surface area (Å²) < 4.78 is 16.9. The van der Waals surface area contributed by atoms with Gasteiger partial charge in [0.15, 0.2) is 17.5 Å². The molecule has 2 rings (SSSR count). The first kappa shape index (κ1) is 23.3. The summed E-state index contributed by atoms with van der Waals surface area (Å²) in [6, 6.07) is 13.7. The van der Waals surface area contributed by atoms with Crippen molar-refractivity contribution >= 4 is 5.96 Å². The molecule has 0 spiro atoms. The fraction of sp³-hybridized carbons (Fsp3) is 0.435. The topological polar surface area (TPSA) is 84.3 Å². The van der Waals surface area contributed by atoms with Crippen LogP contribution in [0.3, 0.4) is 0 Å². The van der Waals surface area contributed by atoms with Gasteiger partial charge < -0.3 is 30.0 Å². The van der Waals surface area contributed by atoms with Crippen molar-refractivity contribution < 1.29 is 19.3 Å². The molecule has 0 heterocycles. The number of benzene rings is 2. The lowest BCUT2D eigenvalue weighted by Gasteiger charge is -2.19. The molecule has 1 atom stereocenters. The number of aliphatic hydroxyl groups is 1. The molecule has 7 heteroatoms. The summed E-state index contributed by atoms with van der Waals surface area (Å²) in [5, 5.41) is 15.5. The van der Waals surface area contributed by atoms with E-state index in [1.54, 1.807) is 7.11 Å². The zero-order chi connectivity index (χ0) is 21.8. The molecule has 0 aliphatic carbocycles. The van der Waals surface area contributed by atoms with Crippen molar-refractivity contribution in [2.24, 2.45) is 4.99 Å². The molecule has 0 amide bonds. The quantitative estimate of drug-likeness (QED) is 0.387. The van der Waals surface area contributed by atoms with Gasteiger partial charge in [-0.1, -0.05) is 24.3 Å². The van der Waals surface area contributed by atoms with E-state index in [0.29, 0.717) is 24.6 Å². The first-order valence-electron chi connectivity index (χ1n) is 10.2. The van der Waals surface area contributed by atoms with E-state index in [-0.39, 0.29) is 19.3 Å². The summed E-state index contributed by atoms with van der Waals surface area (Å²) >= 11 is 0. The van der Waals surface area contributed by atoms with Gasteiger partial charge >= 0.3 is 0 Å². The number of aliphatic hydroxyl groups excluding tert-OH is 1. The molecule has 30 heavy (non-hydrogen) atoms. The normalized spacial score (nSPS) is 12.2.